The maximum atomic E-state index is 13.7. The molecule has 2 aromatic carbocycles. The number of hydrogen-bond donors (Lipinski definition) is 1. The minimum atomic E-state index is -0.637. The van der Waals surface area contributed by atoms with Gasteiger partial charge in [-0.1, -0.05) is 36.4 Å². The van der Waals surface area contributed by atoms with E-state index in [-0.39, 0.29) is 30.7 Å². The summed E-state index contributed by atoms with van der Waals surface area (Å²) in [6.45, 7) is 0.275. The van der Waals surface area contributed by atoms with E-state index in [9.17, 15) is 14.4 Å². The van der Waals surface area contributed by atoms with Crippen LogP contribution in [0.25, 0.3) is 0 Å². The molecule has 0 spiro atoms. The van der Waals surface area contributed by atoms with E-state index in [1.165, 1.54) is 11.3 Å². The standard InChI is InChI=1S/C24H22N4O3S/c29-21-14-17(15-27(21)24-25-12-13-32-24)23(31)28-19-9-5-4-6-16(19)10-11-20(28)22(30)26-18-7-2-1-3-8-18/h1-9,12-13,17,20H,10-11,14-15H2,(H,26,30). The SMILES string of the molecule is O=C(Nc1ccccc1)C1CCc2ccccc2N1C(=O)C1CC(=O)N(c2nccs2)C1. The van der Waals surface area contributed by atoms with Gasteiger partial charge in [0.1, 0.15) is 6.04 Å². The first-order chi connectivity index (χ1) is 15.6. The normalized spacial score (nSPS) is 20.2. The first-order valence-corrected chi connectivity index (χ1v) is 11.5. The van der Waals surface area contributed by atoms with E-state index in [0.717, 1.165) is 11.3 Å². The minimum absolute atomic E-state index is 0.115. The molecule has 0 bridgehead atoms. The van der Waals surface area contributed by atoms with Crippen molar-refractivity contribution in [1.82, 2.24) is 4.98 Å². The third kappa shape index (κ3) is 3.78. The Kier molecular flexibility index (Phi) is 5.45. The number of aryl methyl sites for hydroxylation is 1. The second-order valence-corrected chi connectivity index (χ2v) is 8.84. The Balaban J connectivity index is 1.43. The number of nitrogens with zero attached hydrogens (tertiary/aromatic N) is 3. The van der Waals surface area contributed by atoms with Gasteiger partial charge >= 0.3 is 0 Å². The van der Waals surface area contributed by atoms with E-state index >= 15 is 0 Å². The average Bonchev–Trinajstić information content (AvgIpc) is 3.48. The Labute approximate surface area is 189 Å². The van der Waals surface area contributed by atoms with Crippen LogP contribution in [0.2, 0.25) is 0 Å². The second kappa shape index (κ2) is 8.55. The Bertz CT molecular complexity index is 1150. The molecule has 1 N–H and O–H groups in total. The molecule has 1 aromatic heterocycles. The third-order valence-corrected chi connectivity index (χ3v) is 6.75. The van der Waals surface area contributed by atoms with Gasteiger partial charge in [-0.3, -0.25) is 24.2 Å². The van der Waals surface area contributed by atoms with Crippen LogP contribution >= 0.6 is 11.3 Å². The van der Waals surface area contributed by atoms with Gasteiger partial charge < -0.3 is 5.32 Å². The van der Waals surface area contributed by atoms with Gasteiger partial charge in [-0.05, 0) is 36.6 Å². The highest BCUT2D eigenvalue weighted by Gasteiger charge is 2.43. The minimum Gasteiger partial charge on any atom is -0.324 e. The van der Waals surface area contributed by atoms with Crippen molar-refractivity contribution in [3.8, 4) is 0 Å². The largest absolute Gasteiger partial charge is 0.324 e. The van der Waals surface area contributed by atoms with Gasteiger partial charge in [0, 0.05) is 35.9 Å². The van der Waals surface area contributed by atoms with E-state index in [2.05, 4.69) is 10.3 Å². The molecule has 7 nitrogen and oxygen atoms in total. The smallest absolute Gasteiger partial charge is 0.247 e. The summed E-state index contributed by atoms with van der Waals surface area (Å²) in [6.07, 6.45) is 3.00. The van der Waals surface area contributed by atoms with Crippen LogP contribution in [0.1, 0.15) is 18.4 Å². The van der Waals surface area contributed by atoms with Crippen LogP contribution in [0.5, 0.6) is 0 Å². The van der Waals surface area contributed by atoms with Crippen LogP contribution in [0.3, 0.4) is 0 Å². The molecule has 0 radical (unpaired) electrons. The Hall–Kier alpha value is -3.52. The van der Waals surface area contributed by atoms with Crippen molar-refractivity contribution < 1.29 is 14.4 Å². The third-order valence-electron chi connectivity index (χ3n) is 5.96. The number of fused-ring (bicyclic) bond motifs is 1. The number of thiazole rings is 1. The molecule has 1 saturated heterocycles. The predicted octanol–water partition coefficient (Wildman–Crippen LogP) is 3.48. The van der Waals surface area contributed by atoms with Crippen LogP contribution in [-0.4, -0.2) is 35.3 Å². The van der Waals surface area contributed by atoms with Gasteiger partial charge in [-0.25, -0.2) is 4.98 Å². The summed E-state index contributed by atoms with van der Waals surface area (Å²) in [5.74, 6) is -1.06. The van der Waals surface area contributed by atoms with E-state index in [1.54, 1.807) is 16.0 Å². The molecule has 162 valence electrons. The molecule has 3 heterocycles. The van der Waals surface area contributed by atoms with Crippen LogP contribution < -0.4 is 15.1 Å². The number of hydrogen-bond acceptors (Lipinski definition) is 5. The number of aromatic nitrogens is 1. The van der Waals surface area contributed by atoms with Gasteiger partial charge in [0.05, 0.1) is 5.92 Å². The molecule has 3 aromatic rings. The highest BCUT2D eigenvalue weighted by atomic mass is 32.1. The molecule has 2 unspecified atom stereocenters. The van der Waals surface area contributed by atoms with Crippen LogP contribution in [-0.2, 0) is 20.8 Å². The summed E-state index contributed by atoms with van der Waals surface area (Å²) >= 11 is 1.37. The maximum absolute atomic E-state index is 13.7. The lowest BCUT2D eigenvalue weighted by atomic mass is 9.93. The van der Waals surface area contributed by atoms with Crippen LogP contribution in [0.15, 0.2) is 66.2 Å². The number of rotatable bonds is 4. The Morgan fingerprint density at radius 2 is 1.84 bits per heavy atom. The zero-order chi connectivity index (χ0) is 22.1. The fourth-order valence-electron chi connectivity index (χ4n) is 4.42. The zero-order valence-corrected chi connectivity index (χ0v) is 18.1. The highest BCUT2D eigenvalue weighted by molar-refractivity contribution is 7.13. The number of nitrogens with one attached hydrogen (secondary N) is 1. The molecule has 3 amide bonds. The predicted molar refractivity (Wildman–Crippen MR) is 124 cm³/mol. The quantitative estimate of drug-likeness (QED) is 0.665. The van der Waals surface area contributed by atoms with Crippen LogP contribution in [0, 0.1) is 5.92 Å². The molecule has 32 heavy (non-hydrogen) atoms. The van der Waals surface area contributed by atoms with Crippen molar-refractivity contribution in [2.24, 2.45) is 5.92 Å². The number of para-hydroxylation sites is 2. The number of anilines is 3. The maximum Gasteiger partial charge on any atom is 0.247 e. The number of benzene rings is 2. The lowest BCUT2D eigenvalue weighted by Gasteiger charge is -2.37. The lowest BCUT2D eigenvalue weighted by Crippen LogP contribution is -2.52. The summed E-state index contributed by atoms with van der Waals surface area (Å²) < 4.78 is 0. The molecule has 2 aliphatic heterocycles. The molecule has 0 aliphatic carbocycles. The van der Waals surface area contributed by atoms with Gasteiger partial charge in [0.2, 0.25) is 17.7 Å². The molecule has 2 aliphatic rings. The molecular weight excluding hydrogens is 424 g/mol. The van der Waals surface area contributed by atoms with Crippen molar-refractivity contribution in [3.63, 3.8) is 0 Å². The fraction of sp³-hybridized carbons (Fsp3) is 0.250. The van der Waals surface area contributed by atoms with Crippen molar-refractivity contribution in [2.45, 2.75) is 25.3 Å². The topological polar surface area (TPSA) is 82.6 Å². The summed E-state index contributed by atoms with van der Waals surface area (Å²) in [6, 6.07) is 16.3. The summed E-state index contributed by atoms with van der Waals surface area (Å²) in [5, 5.41) is 5.35. The van der Waals surface area contributed by atoms with Gasteiger partial charge in [0.15, 0.2) is 5.13 Å². The second-order valence-electron chi connectivity index (χ2n) is 7.97. The van der Waals surface area contributed by atoms with Crippen molar-refractivity contribution in [2.75, 3.05) is 21.7 Å². The van der Waals surface area contributed by atoms with Crippen LogP contribution in [0.4, 0.5) is 16.5 Å². The van der Waals surface area contributed by atoms with Crippen molar-refractivity contribution in [3.05, 3.63) is 71.7 Å². The summed E-state index contributed by atoms with van der Waals surface area (Å²) in [4.78, 5) is 47.0. The van der Waals surface area contributed by atoms with E-state index in [0.29, 0.717) is 23.7 Å². The lowest BCUT2D eigenvalue weighted by molar-refractivity contribution is -0.127. The number of carbonyl (C=O) groups excluding carboxylic acids is 3. The average molecular weight is 447 g/mol. The van der Waals surface area contributed by atoms with Crippen molar-refractivity contribution >= 4 is 45.6 Å². The van der Waals surface area contributed by atoms with E-state index in [4.69, 9.17) is 0 Å². The Morgan fingerprint density at radius 1 is 1.06 bits per heavy atom. The first-order valence-electron chi connectivity index (χ1n) is 10.6. The monoisotopic (exact) mass is 446 g/mol. The summed E-state index contributed by atoms with van der Waals surface area (Å²) in [5.41, 5.74) is 2.47. The number of amides is 3. The Morgan fingerprint density at radius 3 is 2.62 bits per heavy atom. The summed E-state index contributed by atoms with van der Waals surface area (Å²) in [7, 11) is 0. The highest BCUT2D eigenvalue weighted by Crippen LogP contribution is 2.35. The molecule has 1 fully saturated rings. The molecule has 2 atom stereocenters. The van der Waals surface area contributed by atoms with E-state index in [1.807, 2.05) is 60.0 Å². The molecular formula is C24H22N4O3S. The van der Waals surface area contributed by atoms with Gasteiger partial charge in [-0.2, -0.15) is 0 Å². The zero-order valence-electron chi connectivity index (χ0n) is 17.3. The van der Waals surface area contributed by atoms with Crippen molar-refractivity contribution in [1.29, 1.82) is 0 Å². The van der Waals surface area contributed by atoms with Gasteiger partial charge in [-0.15, -0.1) is 11.3 Å². The fourth-order valence-corrected chi connectivity index (χ4v) is 5.09. The first kappa shape index (κ1) is 20.4. The van der Waals surface area contributed by atoms with Gasteiger partial charge in [0.25, 0.3) is 0 Å². The van der Waals surface area contributed by atoms with E-state index < -0.39 is 12.0 Å². The molecule has 0 saturated carbocycles. The molecule has 8 heteroatoms. The number of carbonyl (C=O) groups is 3. The molecule has 5 rings (SSSR count).